The molecule has 3 rings (SSSR count). The Morgan fingerprint density at radius 3 is 2.00 bits per heavy atom. The number of likely N-dealkylation sites (tertiary alicyclic amines) is 2. The second kappa shape index (κ2) is 5.84. The predicted octanol–water partition coefficient (Wildman–Crippen LogP) is 2.18. The number of carbonyl (C=O) groups excluding carboxylic acids is 2. The standard InChI is InChI=1S/C16H26N2O2/c19-14-12-16(6-2-3-7-16)13-15(20)18(14)11-10-17-8-4-1-5-9-17/h1-13H2. The molecule has 1 aliphatic carbocycles. The molecule has 2 saturated heterocycles. The largest absolute Gasteiger partial charge is 0.302 e. The number of amides is 2. The van der Waals surface area contributed by atoms with Crippen molar-refractivity contribution in [2.24, 2.45) is 5.41 Å². The highest BCUT2D eigenvalue weighted by Gasteiger charge is 2.44. The summed E-state index contributed by atoms with van der Waals surface area (Å²) in [6, 6.07) is 0. The highest BCUT2D eigenvalue weighted by molar-refractivity contribution is 5.98. The van der Waals surface area contributed by atoms with Gasteiger partial charge in [0, 0.05) is 25.9 Å². The van der Waals surface area contributed by atoms with Crippen LogP contribution in [-0.2, 0) is 9.59 Å². The first-order valence-corrected chi connectivity index (χ1v) is 8.24. The molecular formula is C16H26N2O2. The Bertz CT molecular complexity index is 362. The average molecular weight is 278 g/mol. The van der Waals surface area contributed by atoms with E-state index in [-0.39, 0.29) is 17.2 Å². The van der Waals surface area contributed by atoms with Crippen LogP contribution in [0, 0.1) is 5.41 Å². The van der Waals surface area contributed by atoms with Crippen LogP contribution in [0.4, 0.5) is 0 Å². The molecule has 3 fully saturated rings. The van der Waals surface area contributed by atoms with E-state index in [1.165, 1.54) is 37.0 Å². The molecule has 112 valence electrons. The van der Waals surface area contributed by atoms with Crippen molar-refractivity contribution in [1.29, 1.82) is 0 Å². The fourth-order valence-corrected chi connectivity index (χ4v) is 4.19. The molecule has 0 N–H and O–H groups in total. The van der Waals surface area contributed by atoms with Crippen molar-refractivity contribution in [3.05, 3.63) is 0 Å². The Kier molecular flexibility index (Phi) is 4.11. The maximum Gasteiger partial charge on any atom is 0.229 e. The minimum Gasteiger partial charge on any atom is -0.302 e. The molecular weight excluding hydrogens is 252 g/mol. The molecule has 0 atom stereocenters. The van der Waals surface area contributed by atoms with Crippen LogP contribution >= 0.6 is 0 Å². The van der Waals surface area contributed by atoms with E-state index in [1.807, 2.05) is 0 Å². The van der Waals surface area contributed by atoms with E-state index in [4.69, 9.17) is 0 Å². The SMILES string of the molecule is O=C1CC2(CCCC2)CC(=O)N1CCN1CCCCC1. The quantitative estimate of drug-likeness (QED) is 0.743. The number of carbonyl (C=O) groups is 2. The van der Waals surface area contributed by atoms with Gasteiger partial charge < -0.3 is 4.90 Å². The van der Waals surface area contributed by atoms with Crippen LogP contribution < -0.4 is 0 Å². The van der Waals surface area contributed by atoms with E-state index in [0.717, 1.165) is 32.5 Å². The fraction of sp³-hybridized carbons (Fsp3) is 0.875. The molecule has 0 radical (unpaired) electrons. The summed E-state index contributed by atoms with van der Waals surface area (Å²) in [5.41, 5.74) is 0.0375. The van der Waals surface area contributed by atoms with Crippen molar-refractivity contribution < 1.29 is 9.59 Å². The van der Waals surface area contributed by atoms with E-state index in [0.29, 0.717) is 19.4 Å². The van der Waals surface area contributed by atoms with Gasteiger partial charge in [-0.2, -0.15) is 0 Å². The second-order valence-corrected chi connectivity index (χ2v) is 6.90. The highest BCUT2D eigenvalue weighted by Crippen LogP contribution is 2.46. The summed E-state index contributed by atoms with van der Waals surface area (Å²) < 4.78 is 0. The molecule has 0 aromatic carbocycles. The van der Waals surface area contributed by atoms with E-state index in [2.05, 4.69) is 4.90 Å². The van der Waals surface area contributed by atoms with Crippen molar-refractivity contribution in [3.8, 4) is 0 Å². The van der Waals surface area contributed by atoms with E-state index in [9.17, 15) is 9.59 Å². The number of piperidine rings is 2. The minimum atomic E-state index is 0.0375. The Morgan fingerprint density at radius 1 is 0.800 bits per heavy atom. The van der Waals surface area contributed by atoms with Crippen LogP contribution in [-0.4, -0.2) is 47.8 Å². The van der Waals surface area contributed by atoms with Gasteiger partial charge in [0.25, 0.3) is 0 Å². The molecule has 2 heterocycles. The molecule has 1 spiro atoms. The molecule has 1 saturated carbocycles. The van der Waals surface area contributed by atoms with Crippen LogP contribution in [0.2, 0.25) is 0 Å². The number of hydrogen-bond acceptors (Lipinski definition) is 3. The van der Waals surface area contributed by atoms with Gasteiger partial charge in [-0.05, 0) is 44.2 Å². The number of imide groups is 1. The maximum absolute atomic E-state index is 12.3. The number of nitrogens with zero attached hydrogens (tertiary/aromatic N) is 2. The van der Waals surface area contributed by atoms with E-state index in [1.54, 1.807) is 0 Å². The molecule has 4 nitrogen and oxygen atoms in total. The number of rotatable bonds is 3. The lowest BCUT2D eigenvalue weighted by molar-refractivity contribution is -0.153. The van der Waals surface area contributed by atoms with Gasteiger partial charge in [-0.1, -0.05) is 19.3 Å². The van der Waals surface area contributed by atoms with Crippen LogP contribution in [0.5, 0.6) is 0 Å². The lowest BCUT2D eigenvalue weighted by Crippen LogP contribution is -2.50. The zero-order valence-electron chi connectivity index (χ0n) is 12.4. The normalized spacial score (nSPS) is 27.5. The van der Waals surface area contributed by atoms with Gasteiger partial charge in [0.05, 0.1) is 0 Å². The Hall–Kier alpha value is -0.900. The van der Waals surface area contributed by atoms with Gasteiger partial charge in [-0.15, -0.1) is 0 Å². The van der Waals surface area contributed by atoms with E-state index >= 15 is 0 Å². The smallest absolute Gasteiger partial charge is 0.229 e. The summed E-state index contributed by atoms with van der Waals surface area (Å²) in [7, 11) is 0. The van der Waals surface area contributed by atoms with Crippen molar-refractivity contribution in [2.75, 3.05) is 26.2 Å². The first kappa shape index (κ1) is 14.1. The topological polar surface area (TPSA) is 40.6 Å². The van der Waals surface area contributed by atoms with Gasteiger partial charge in [-0.3, -0.25) is 14.5 Å². The van der Waals surface area contributed by atoms with Crippen LogP contribution in [0.25, 0.3) is 0 Å². The summed E-state index contributed by atoms with van der Waals surface area (Å²) >= 11 is 0. The lowest BCUT2D eigenvalue weighted by Gasteiger charge is -2.38. The van der Waals surface area contributed by atoms with Crippen molar-refractivity contribution in [3.63, 3.8) is 0 Å². The summed E-state index contributed by atoms with van der Waals surface area (Å²) in [6.07, 6.45) is 9.58. The summed E-state index contributed by atoms with van der Waals surface area (Å²) in [4.78, 5) is 28.6. The molecule has 4 heteroatoms. The molecule has 0 aromatic heterocycles. The predicted molar refractivity (Wildman–Crippen MR) is 77.1 cm³/mol. The Labute approximate surface area is 121 Å². The number of hydrogen-bond donors (Lipinski definition) is 0. The molecule has 3 aliphatic rings. The third-order valence-electron chi connectivity index (χ3n) is 5.41. The molecule has 0 bridgehead atoms. The zero-order chi connectivity index (χ0) is 14.0. The highest BCUT2D eigenvalue weighted by atomic mass is 16.2. The van der Waals surface area contributed by atoms with Crippen LogP contribution in [0.1, 0.15) is 57.8 Å². The van der Waals surface area contributed by atoms with E-state index < -0.39 is 0 Å². The fourth-order valence-electron chi connectivity index (χ4n) is 4.19. The van der Waals surface area contributed by atoms with Gasteiger partial charge in [0.2, 0.25) is 11.8 Å². The summed E-state index contributed by atoms with van der Waals surface area (Å²) in [6.45, 7) is 3.72. The maximum atomic E-state index is 12.3. The average Bonchev–Trinajstić information content (AvgIpc) is 2.86. The summed E-state index contributed by atoms with van der Waals surface area (Å²) in [5, 5.41) is 0. The first-order chi connectivity index (χ1) is 9.69. The lowest BCUT2D eigenvalue weighted by atomic mass is 9.76. The second-order valence-electron chi connectivity index (χ2n) is 6.90. The molecule has 0 aromatic rings. The molecule has 20 heavy (non-hydrogen) atoms. The van der Waals surface area contributed by atoms with Crippen molar-refractivity contribution >= 4 is 11.8 Å². The Balaban J connectivity index is 1.54. The zero-order valence-corrected chi connectivity index (χ0v) is 12.4. The molecule has 2 amide bonds. The third kappa shape index (κ3) is 2.90. The van der Waals surface area contributed by atoms with Crippen LogP contribution in [0.3, 0.4) is 0 Å². The van der Waals surface area contributed by atoms with Gasteiger partial charge in [-0.25, -0.2) is 0 Å². The van der Waals surface area contributed by atoms with Crippen molar-refractivity contribution in [2.45, 2.75) is 57.8 Å². The molecule has 0 unspecified atom stereocenters. The van der Waals surface area contributed by atoms with Gasteiger partial charge >= 0.3 is 0 Å². The van der Waals surface area contributed by atoms with Gasteiger partial charge in [0.15, 0.2) is 0 Å². The Morgan fingerprint density at radius 2 is 1.40 bits per heavy atom. The third-order valence-corrected chi connectivity index (χ3v) is 5.41. The van der Waals surface area contributed by atoms with Gasteiger partial charge in [0.1, 0.15) is 0 Å². The monoisotopic (exact) mass is 278 g/mol. The molecule has 2 aliphatic heterocycles. The minimum absolute atomic E-state index is 0.0375. The summed E-state index contributed by atoms with van der Waals surface area (Å²) in [5.74, 6) is 0.167. The van der Waals surface area contributed by atoms with Crippen molar-refractivity contribution in [1.82, 2.24) is 9.80 Å². The van der Waals surface area contributed by atoms with Crippen LogP contribution in [0.15, 0.2) is 0 Å². The first-order valence-electron chi connectivity index (χ1n) is 8.24.